The van der Waals surface area contributed by atoms with Crippen molar-refractivity contribution in [2.24, 2.45) is 4.99 Å². The molecule has 0 amide bonds. The molecule has 1 unspecified atom stereocenters. The number of nitrogens with zero attached hydrogens (tertiary/aromatic N) is 1. The number of rotatable bonds is 7. The Balaban J connectivity index is 1.41. The van der Waals surface area contributed by atoms with E-state index in [2.05, 4.69) is 39.9 Å². The summed E-state index contributed by atoms with van der Waals surface area (Å²) in [6, 6.07) is 18.3. The molecule has 0 spiro atoms. The van der Waals surface area contributed by atoms with Gasteiger partial charge in [0.2, 0.25) is 0 Å². The van der Waals surface area contributed by atoms with Crippen LogP contribution in [0.2, 0.25) is 0 Å². The van der Waals surface area contributed by atoms with Crippen LogP contribution in [0, 0.1) is 0 Å². The molecule has 26 heavy (non-hydrogen) atoms. The van der Waals surface area contributed by atoms with Gasteiger partial charge >= 0.3 is 0 Å². The van der Waals surface area contributed by atoms with E-state index in [1.807, 2.05) is 30.3 Å². The van der Waals surface area contributed by atoms with Gasteiger partial charge in [-0.05, 0) is 36.1 Å². The van der Waals surface area contributed by atoms with Crippen molar-refractivity contribution in [1.29, 1.82) is 0 Å². The van der Waals surface area contributed by atoms with E-state index in [1.165, 1.54) is 11.1 Å². The number of nitrogens with one attached hydrogen (secondary N) is 2. The molecule has 3 rings (SSSR count). The number of hydrogen-bond acceptors (Lipinski definition) is 3. The van der Waals surface area contributed by atoms with Crippen LogP contribution < -0.4 is 15.4 Å². The van der Waals surface area contributed by atoms with Crippen LogP contribution in [0.1, 0.15) is 24.0 Å². The predicted octanol–water partition coefficient (Wildman–Crippen LogP) is 3.11. The maximum Gasteiger partial charge on any atom is 0.191 e. The summed E-state index contributed by atoms with van der Waals surface area (Å²) in [6.45, 7) is 2.96. The highest BCUT2D eigenvalue weighted by Crippen LogP contribution is 2.14. The fourth-order valence-corrected chi connectivity index (χ4v) is 2.87. The molecular weight excluding hydrogens is 326 g/mol. The number of ether oxygens (including phenoxy) is 2. The van der Waals surface area contributed by atoms with E-state index in [4.69, 9.17) is 9.47 Å². The highest BCUT2D eigenvalue weighted by Gasteiger charge is 2.15. The van der Waals surface area contributed by atoms with E-state index in [9.17, 15) is 0 Å². The quantitative estimate of drug-likeness (QED) is 0.593. The monoisotopic (exact) mass is 353 g/mol. The average molecular weight is 353 g/mol. The van der Waals surface area contributed by atoms with Gasteiger partial charge in [-0.15, -0.1) is 0 Å². The first-order chi connectivity index (χ1) is 12.8. The van der Waals surface area contributed by atoms with Gasteiger partial charge in [0, 0.05) is 26.7 Å². The van der Waals surface area contributed by atoms with Crippen LogP contribution in [-0.2, 0) is 17.9 Å². The normalized spacial score (nSPS) is 17.1. The Hall–Kier alpha value is -2.53. The molecule has 0 saturated carbocycles. The fourth-order valence-electron chi connectivity index (χ4n) is 2.87. The van der Waals surface area contributed by atoms with E-state index in [0.29, 0.717) is 19.3 Å². The molecule has 1 saturated heterocycles. The summed E-state index contributed by atoms with van der Waals surface area (Å²) in [5.41, 5.74) is 2.34. The molecule has 1 heterocycles. The SMILES string of the molecule is CN=C(NCc1ccc(OCc2ccccc2)cc1)NCC1CCCO1. The van der Waals surface area contributed by atoms with Crippen LogP contribution >= 0.6 is 0 Å². The Morgan fingerprint density at radius 1 is 1.08 bits per heavy atom. The Bertz CT molecular complexity index is 680. The Kier molecular flexibility index (Phi) is 6.90. The number of hydrogen-bond donors (Lipinski definition) is 2. The van der Waals surface area contributed by atoms with Crippen molar-refractivity contribution in [3.8, 4) is 5.75 Å². The second kappa shape index (κ2) is 9.82. The highest BCUT2D eigenvalue weighted by molar-refractivity contribution is 5.79. The van der Waals surface area contributed by atoms with Crippen molar-refractivity contribution in [3.05, 3.63) is 65.7 Å². The first-order valence-corrected chi connectivity index (χ1v) is 9.15. The molecule has 2 aromatic rings. The maximum atomic E-state index is 5.82. The number of aliphatic imine (C=N–C) groups is 1. The predicted molar refractivity (Wildman–Crippen MR) is 104 cm³/mol. The summed E-state index contributed by atoms with van der Waals surface area (Å²) in [5.74, 6) is 1.67. The molecule has 5 nitrogen and oxygen atoms in total. The standard InChI is InChI=1S/C21H27N3O2/c1-22-21(24-15-20-8-5-13-25-20)23-14-17-9-11-19(12-10-17)26-16-18-6-3-2-4-7-18/h2-4,6-7,9-12,20H,5,8,13-16H2,1H3,(H2,22,23,24). The molecule has 0 radical (unpaired) electrons. The molecule has 138 valence electrons. The smallest absolute Gasteiger partial charge is 0.191 e. The molecule has 0 bridgehead atoms. The van der Waals surface area contributed by atoms with Crippen molar-refractivity contribution in [2.45, 2.75) is 32.1 Å². The minimum atomic E-state index is 0.301. The lowest BCUT2D eigenvalue weighted by Crippen LogP contribution is -2.40. The van der Waals surface area contributed by atoms with Crippen molar-refractivity contribution >= 4 is 5.96 Å². The van der Waals surface area contributed by atoms with E-state index < -0.39 is 0 Å². The molecule has 1 aliphatic rings. The van der Waals surface area contributed by atoms with Gasteiger partial charge in [-0.2, -0.15) is 0 Å². The fraction of sp³-hybridized carbons (Fsp3) is 0.381. The minimum absolute atomic E-state index is 0.301. The van der Waals surface area contributed by atoms with Crippen LogP contribution in [0.4, 0.5) is 0 Å². The second-order valence-corrected chi connectivity index (χ2v) is 6.36. The molecule has 0 aliphatic carbocycles. The largest absolute Gasteiger partial charge is 0.489 e. The second-order valence-electron chi connectivity index (χ2n) is 6.36. The van der Waals surface area contributed by atoms with Gasteiger partial charge in [-0.1, -0.05) is 42.5 Å². The third-order valence-electron chi connectivity index (χ3n) is 4.38. The van der Waals surface area contributed by atoms with Crippen LogP contribution in [0.15, 0.2) is 59.6 Å². The summed E-state index contributed by atoms with van der Waals surface area (Å²) in [5, 5.41) is 6.65. The molecular formula is C21H27N3O2. The average Bonchev–Trinajstić information content (AvgIpc) is 3.22. The van der Waals surface area contributed by atoms with Gasteiger partial charge in [-0.25, -0.2) is 0 Å². The van der Waals surface area contributed by atoms with Crippen LogP contribution in [0.5, 0.6) is 5.75 Å². The van der Waals surface area contributed by atoms with Crippen LogP contribution in [0.25, 0.3) is 0 Å². The lowest BCUT2D eigenvalue weighted by molar-refractivity contribution is 0.114. The summed E-state index contributed by atoms with van der Waals surface area (Å²) in [4.78, 5) is 4.26. The molecule has 1 atom stereocenters. The van der Waals surface area contributed by atoms with Crippen molar-refractivity contribution < 1.29 is 9.47 Å². The zero-order valence-corrected chi connectivity index (χ0v) is 15.3. The third-order valence-corrected chi connectivity index (χ3v) is 4.38. The van der Waals surface area contributed by atoms with E-state index in [-0.39, 0.29) is 0 Å². The first kappa shape index (κ1) is 18.3. The van der Waals surface area contributed by atoms with Gasteiger partial charge in [-0.3, -0.25) is 4.99 Å². The Morgan fingerprint density at radius 3 is 2.58 bits per heavy atom. The van der Waals surface area contributed by atoms with Crippen LogP contribution in [0.3, 0.4) is 0 Å². The first-order valence-electron chi connectivity index (χ1n) is 9.15. The van der Waals surface area contributed by atoms with Gasteiger partial charge in [0.1, 0.15) is 12.4 Å². The summed E-state index contributed by atoms with van der Waals surface area (Å²) in [6.07, 6.45) is 2.57. The zero-order valence-electron chi connectivity index (χ0n) is 15.3. The molecule has 0 aromatic heterocycles. The lowest BCUT2D eigenvalue weighted by Gasteiger charge is -2.15. The van der Waals surface area contributed by atoms with Crippen molar-refractivity contribution in [2.75, 3.05) is 20.2 Å². The topological polar surface area (TPSA) is 54.9 Å². The maximum absolute atomic E-state index is 5.82. The minimum Gasteiger partial charge on any atom is -0.489 e. The number of benzene rings is 2. The Morgan fingerprint density at radius 2 is 1.88 bits per heavy atom. The summed E-state index contributed by atoms with van der Waals surface area (Å²) < 4.78 is 11.4. The third kappa shape index (κ3) is 5.77. The zero-order chi connectivity index (χ0) is 18.0. The molecule has 2 aromatic carbocycles. The lowest BCUT2D eigenvalue weighted by atomic mass is 10.2. The van der Waals surface area contributed by atoms with Gasteiger partial charge in [0.25, 0.3) is 0 Å². The van der Waals surface area contributed by atoms with Crippen LogP contribution in [-0.4, -0.2) is 32.3 Å². The Labute approximate surface area is 155 Å². The molecule has 1 fully saturated rings. The van der Waals surface area contributed by atoms with Crippen molar-refractivity contribution in [1.82, 2.24) is 10.6 Å². The molecule has 5 heteroatoms. The van der Waals surface area contributed by atoms with Gasteiger partial charge in [0.05, 0.1) is 6.10 Å². The van der Waals surface area contributed by atoms with E-state index >= 15 is 0 Å². The van der Waals surface area contributed by atoms with E-state index in [1.54, 1.807) is 7.05 Å². The molecule has 1 aliphatic heterocycles. The van der Waals surface area contributed by atoms with E-state index in [0.717, 1.165) is 37.7 Å². The number of guanidine groups is 1. The van der Waals surface area contributed by atoms with Gasteiger partial charge in [0.15, 0.2) is 5.96 Å². The summed E-state index contributed by atoms with van der Waals surface area (Å²) >= 11 is 0. The highest BCUT2D eigenvalue weighted by atomic mass is 16.5. The molecule has 2 N–H and O–H groups in total. The van der Waals surface area contributed by atoms with Gasteiger partial charge < -0.3 is 20.1 Å². The summed E-state index contributed by atoms with van der Waals surface area (Å²) in [7, 11) is 1.78. The van der Waals surface area contributed by atoms with Crippen molar-refractivity contribution in [3.63, 3.8) is 0 Å².